The Bertz CT molecular complexity index is 1090. The number of carbonyl (C=O) groups excluding carboxylic acids is 1. The molecule has 168 valence electrons. The Balaban J connectivity index is 1.86. The molecular weight excluding hydrogens is 402 g/mol. The summed E-state index contributed by atoms with van der Waals surface area (Å²) < 4.78 is 11.3. The van der Waals surface area contributed by atoms with Gasteiger partial charge in [-0.2, -0.15) is 5.10 Å². The first-order chi connectivity index (χ1) is 15.3. The van der Waals surface area contributed by atoms with Crippen LogP contribution in [0.5, 0.6) is 5.75 Å². The molecule has 0 spiro atoms. The molecule has 0 radical (unpaired) electrons. The minimum Gasteiger partial charge on any atom is -0.497 e. The fourth-order valence-electron chi connectivity index (χ4n) is 3.72. The van der Waals surface area contributed by atoms with Crippen molar-refractivity contribution in [1.29, 1.82) is 0 Å². The molecule has 1 aliphatic heterocycles. The van der Waals surface area contributed by atoms with Gasteiger partial charge in [-0.3, -0.25) is 4.79 Å². The van der Waals surface area contributed by atoms with Gasteiger partial charge in [0.05, 0.1) is 26.0 Å². The molecule has 1 atom stereocenters. The van der Waals surface area contributed by atoms with Crippen LogP contribution in [-0.4, -0.2) is 54.9 Å². The van der Waals surface area contributed by atoms with Crippen LogP contribution in [0.25, 0.3) is 10.8 Å². The standard InChI is InChI=1S/C26H31N3O3/c1-7-27-29(19(4)5)24(14-18(2)3)25-17-28(12-13-32-25)26(30)22-9-8-21-16-23(31-6)11-10-20(21)15-22/h7-11,14-16,25H,2,4,12-13,17H2,1,3,5-6H3/b24-14-,27-7-. The van der Waals surface area contributed by atoms with E-state index in [0.29, 0.717) is 25.3 Å². The molecule has 2 aromatic carbocycles. The number of morpholine rings is 1. The second-order valence-electron chi connectivity index (χ2n) is 7.87. The van der Waals surface area contributed by atoms with E-state index < -0.39 is 0 Å². The first-order valence-corrected chi connectivity index (χ1v) is 10.6. The van der Waals surface area contributed by atoms with E-state index >= 15 is 0 Å². The summed E-state index contributed by atoms with van der Waals surface area (Å²) in [6.45, 7) is 15.1. The SMILES string of the molecule is C=C(C)/C=C(/C1CN(C(=O)c2ccc3cc(OC)ccc3c2)CCO1)N(/N=C\C)C(=C)C. The zero-order valence-corrected chi connectivity index (χ0v) is 19.3. The lowest BCUT2D eigenvalue weighted by Gasteiger charge is -2.37. The Kier molecular flexibility index (Phi) is 7.49. The van der Waals surface area contributed by atoms with Crippen molar-refractivity contribution in [2.24, 2.45) is 5.10 Å². The molecule has 6 nitrogen and oxygen atoms in total. The van der Waals surface area contributed by atoms with E-state index in [4.69, 9.17) is 9.47 Å². The van der Waals surface area contributed by atoms with Gasteiger partial charge in [-0.15, -0.1) is 0 Å². The summed E-state index contributed by atoms with van der Waals surface area (Å²) in [5.41, 5.74) is 3.09. The van der Waals surface area contributed by atoms with Gasteiger partial charge >= 0.3 is 0 Å². The number of fused-ring (bicyclic) bond motifs is 1. The third kappa shape index (κ3) is 5.26. The quantitative estimate of drug-likeness (QED) is 0.351. The summed E-state index contributed by atoms with van der Waals surface area (Å²) in [4.78, 5) is 15.2. The van der Waals surface area contributed by atoms with E-state index in [1.54, 1.807) is 18.3 Å². The average Bonchev–Trinajstić information content (AvgIpc) is 2.79. The minimum atomic E-state index is -0.338. The van der Waals surface area contributed by atoms with Crippen molar-refractivity contribution < 1.29 is 14.3 Å². The van der Waals surface area contributed by atoms with E-state index in [0.717, 1.165) is 33.5 Å². The summed E-state index contributed by atoms with van der Waals surface area (Å²) in [7, 11) is 1.64. The molecule has 3 rings (SSSR count). The summed E-state index contributed by atoms with van der Waals surface area (Å²) >= 11 is 0. The maximum Gasteiger partial charge on any atom is 0.254 e. The molecule has 0 aliphatic carbocycles. The van der Waals surface area contributed by atoms with E-state index in [9.17, 15) is 4.79 Å². The fourth-order valence-corrected chi connectivity index (χ4v) is 3.72. The molecule has 0 bridgehead atoms. The summed E-state index contributed by atoms with van der Waals surface area (Å²) in [6.07, 6.45) is 3.30. The smallest absolute Gasteiger partial charge is 0.254 e. The molecule has 1 unspecified atom stereocenters. The van der Waals surface area contributed by atoms with Crippen molar-refractivity contribution in [3.63, 3.8) is 0 Å². The number of allylic oxidation sites excluding steroid dienone is 3. The Morgan fingerprint density at radius 1 is 1.22 bits per heavy atom. The number of benzene rings is 2. The third-order valence-electron chi connectivity index (χ3n) is 5.21. The van der Waals surface area contributed by atoms with Gasteiger partial charge in [-0.1, -0.05) is 30.9 Å². The largest absolute Gasteiger partial charge is 0.497 e. The monoisotopic (exact) mass is 433 g/mol. The van der Waals surface area contributed by atoms with Crippen LogP contribution in [0, 0.1) is 0 Å². The van der Waals surface area contributed by atoms with Crippen molar-refractivity contribution >= 4 is 22.9 Å². The Hall–Kier alpha value is -3.38. The first-order valence-electron chi connectivity index (χ1n) is 10.6. The maximum absolute atomic E-state index is 13.3. The molecular formula is C26H31N3O3. The lowest BCUT2D eigenvalue weighted by molar-refractivity contribution is -0.0137. The van der Waals surface area contributed by atoms with E-state index in [-0.39, 0.29) is 12.0 Å². The van der Waals surface area contributed by atoms with E-state index in [1.807, 2.05) is 68.1 Å². The van der Waals surface area contributed by atoms with Crippen molar-refractivity contribution in [2.75, 3.05) is 26.8 Å². The van der Waals surface area contributed by atoms with Gasteiger partial charge < -0.3 is 14.4 Å². The van der Waals surface area contributed by atoms with Crippen molar-refractivity contribution in [1.82, 2.24) is 9.91 Å². The van der Waals surface area contributed by atoms with Crippen LogP contribution >= 0.6 is 0 Å². The second-order valence-corrected chi connectivity index (χ2v) is 7.87. The van der Waals surface area contributed by atoms with Crippen LogP contribution in [0.15, 0.2) is 77.7 Å². The molecule has 32 heavy (non-hydrogen) atoms. The number of amides is 1. The van der Waals surface area contributed by atoms with Gasteiger partial charge in [0.1, 0.15) is 11.9 Å². The Morgan fingerprint density at radius 2 is 1.94 bits per heavy atom. The zero-order chi connectivity index (χ0) is 23.3. The van der Waals surface area contributed by atoms with Crippen LogP contribution in [-0.2, 0) is 4.74 Å². The summed E-state index contributed by atoms with van der Waals surface area (Å²) in [5, 5.41) is 8.21. The van der Waals surface area contributed by atoms with Crippen LogP contribution < -0.4 is 4.74 Å². The van der Waals surface area contributed by atoms with Crippen LogP contribution in [0.4, 0.5) is 0 Å². The highest BCUT2D eigenvalue weighted by atomic mass is 16.5. The highest BCUT2D eigenvalue weighted by Crippen LogP contribution is 2.25. The van der Waals surface area contributed by atoms with Gasteiger partial charge in [0, 0.05) is 24.0 Å². The summed E-state index contributed by atoms with van der Waals surface area (Å²) in [5.74, 6) is 0.771. The third-order valence-corrected chi connectivity index (χ3v) is 5.21. The number of hydrogen-bond donors (Lipinski definition) is 0. The molecule has 0 aromatic heterocycles. The molecule has 6 heteroatoms. The minimum absolute atomic E-state index is 0.0217. The second kappa shape index (κ2) is 10.3. The van der Waals surface area contributed by atoms with Crippen molar-refractivity contribution in [3.05, 3.63) is 78.2 Å². The lowest BCUT2D eigenvalue weighted by atomic mass is 10.0. The van der Waals surface area contributed by atoms with Crippen LogP contribution in [0.3, 0.4) is 0 Å². The van der Waals surface area contributed by atoms with Crippen molar-refractivity contribution in [2.45, 2.75) is 26.9 Å². The van der Waals surface area contributed by atoms with Gasteiger partial charge in [0.15, 0.2) is 0 Å². The number of rotatable bonds is 7. The predicted octanol–water partition coefficient (Wildman–Crippen LogP) is 4.99. The van der Waals surface area contributed by atoms with Crippen LogP contribution in [0.1, 0.15) is 31.1 Å². The maximum atomic E-state index is 13.3. The Labute approximate surface area is 190 Å². The fraction of sp³-hybridized carbons (Fsp3) is 0.308. The topological polar surface area (TPSA) is 54.4 Å². The van der Waals surface area contributed by atoms with E-state index in [2.05, 4.69) is 18.3 Å². The molecule has 1 aliphatic rings. The molecule has 0 N–H and O–H groups in total. The van der Waals surface area contributed by atoms with Crippen molar-refractivity contribution in [3.8, 4) is 5.75 Å². The highest BCUT2D eigenvalue weighted by Gasteiger charge is 2.30. The van der Waals surface area contributed by atoms with Crippen LogP contribution in [0.2, 0.25) is 0 Å². The average molecular weight is 434 g/mol. The number of ether oxygens (including phenoxy) is 2. The Morgan fingerprint density at radius 3 is 2.59 bits per heavy atom. The molecule has 0 saturated carbocycles. The molecule has 2 aromatic rings. The lowest BCUT2D eigenvalue weighted by Crippen LogP contribution is -2.48. The predicted molar refractivity (Wildman–Crippen MR) is 130 cm³/mol. The first kappa shape index (κ1) is 23.3. The van der Waals surface area contributed by atoms with Gasteiger partial charge in [-0.05, 0) is 61.9 Å². The number of hydrazone groups is 1. The van der Waals surface area contributed by atoms with Gasteiger partial charge in [0.25, 0.3) is 5.91 Å². The molecule has 1 heterocycles. The molecule has 1 amide bonds. The summed E-state index contributed by atoms with van der Waals surface area (Å²) in [6, 6.07) is 11.6. The number of methoxy groups -OCH3 is 1. The van der Waals surface area contributed by atoms with E-state index in [1.165, 1.54) is 0 Å². The zero-order valence-electron chi connectivity index (χ0n) is 19.3. The highest BCUT2D eigenvalue weighted by molar-refractivity contribution is 5.99. The number of carbonyl (C=O) groups is 1. The number of hydrogen-bond acceptors (Lipinski definition) is 5. The van der Waals surface area contributed by atoms with Gasteiger partial charge in [-0.25, -0.2) is 5.01 Å². The molecule has 1 fully saturated rings. The normalized spacial score (nSPS) is 16.9. The van der Waals surface area contributed by atoms with Gasteiger partial charge in [0.2, 0.25) is 0 Å². The molecule has 1 saturated heterocycles. The number of nitrogens with zero attached hydrogens (tertiary/aromatic N) is 3.